The van der Waals surface area contributed by atoms with E-state index in [0.717, 1.165) is 25.0 Å². The number of hydrogen-bond acceptors (Lipinski definition) is 3. The third-order valence-electron chi connectivity index (χ3n) is 3.28. The largest absolute Gasteiger partial charge is 0.416 e. The van der Waals surface area contributed by atoms with Gasteiger partial charge in [0.15, 0.2) is 5.78 Å². The van der Waals surface area contributed by atoms with Crippen molar-refractivity contribution in [1.82, 2.24) is 5.32 Å². The first-order valence-electron chi connectivity index (χ1n) is 6.69. The van der Waals surface area contributed by atoms with E-state index < -0.39 is 11.7 Å². The lowest BCUT2D eigenvalue weighted by Crippen LogP contribution is -2.13. The van der Waals surface area contributed by atoms with E-state index in [4.69, 9.17) is 0 Å². The van der Waals surface area contributed by atoms with Crippen LogP contribution in [0.1, 0.15) is 30.9 Å². The normalized spacial score (nSPS) is 19.3. The van der Waals surface area contributed by atoms with Gasteiger partial charge in [0.05, 0.1) is 21.4 Å². The molecule has 2 nitrogen and oxygen atoms in total. The Bertz CT molecular complexity index is 581. The minimum absolute atomic E-state index is 0.0921. The Morgan fingerprint density at radius 3 is 2.62 bits per heavy atom. The minimum atomic E-state index is -4.41. The van der Waals surface area contributed by atoms with E-state index >= 15 is 0 Å². The fourth-order valence-electron chi connectivity index (χ4n) is 2.29. The van der Waals surface area contributed by atoms with Gasteiger partial charge >= 0.3 is 6.18 Å². The number of halogens is 3. The van der Waals surface area contributed by atoms with Crippen molar-refractivity contribution in [2.45, 2.75) is 31.2 Å². The quantitative estimate of drug-likeness (QED) is 0.908. The van der Waals surface area contributed by atoms with Crippen molar-refractivity contribution in [3.8, 4) is 0 Å². The lowest BCUT2D eigenvalue weighted by atomic mass is 9.97. The van der Waals surface area contributed by atoms with Crippen molar-refractivity contribution >= 4 is 23.1 Å². The zero-order valence-electron chi connectivity index (χ0n) is 11.8. The molecule has 0 bridgehead atoms. The van der Waals surface area contributed by atoms with Crippen molar-refractivity contribution in [2.24, 2.45) is 0 Å². The van der Waals surface area contributed by atoms with Crippen LogP contribution in [-0.2, 0) is 11.0 Å². The molecule has 0 saturated carbocycles. The molecule has 21 heavy (non-hydrogen) atoms. The van der Waals surface area contributed by atoms with Gasteiger partial charge in [-0.1, -0.05) is 37.2 Å². The fourth-order valence-corrected chi connectivity index (χ4v) is 3.61. The topological polar surface area (TPSA) is 29.1 Å². The predicted molar refractivity (Wildman–Crippen MR) is 78.7 cm³/mol. The first-order valence-corrected chi connectivity index (χ1v) is 7.57. The smallest absolute Gasteiger partial charge is 0.382 e. The summed E-state index contributed by atoms with van der Waals surface area (Å²) in [6.07, 6.45) is -2.83. The molecule has 0 fully saturated rings. The summed E-state index contributed by atoms with van der Waals surface area (Å²) in [6.45, 7) is 1.98. The summed E-state index contributed by atoms with van der Waals surface area (Å²) in [6, 6.07) is 4.94. The van der Waals surface area contributed by atoms with Crippen molar-refractivity contribution in [2.75, 3.05) is 7.05 Å². The number of ketones is 1. The number of carbonyl (C=O) groups excluding carboxylic acids is 1. The zero-order chi connectivity index (χ0) is 15.6. The summed E-state index contributed by atoms with van der Waals surface area (Å²) in [5.74, 6) is -0.0921. The minimum Gasteiger partial charge on any atom is -0.382 e. The van der Waals surface area contributed by atoms with E-state index in [1.54, 1.807) is 13.1 Å². The van der Waals surface area contributed by atoms with Crippen LogP contribution in [0.3, 0.4) is 0 Å². The highest BCUT2D eigenvalue weighted by molar-refractivity contribution is 8.05. The number of nitrogens with one attached hydrogen (secondary N) is 1. The van der Waals surface area contributed by atoms with Gasteiger partial charge in [-0.15, -0.1) is 0 Å². The zero-order valence-corrected chi connectivity index (χ0v) is 12.6. The van der Waals surface area contributed by atoms with Crippen molar-refractivity contribution in [3.05, 3.63) is 40.4 Å². The van der Waals surface area contributed by atoms with Crippen molar-refractivity contribution in [1.29, 1.82) is 0 Å². The molecule has 1 atom stereocenters. The number of Topliss-reactive ketones (excluding diaryl/α,β-unsaturated/α-hetero) is 1. The number of hydrogen-bond donors (Lipinski definition) is 1. The third kappa shape index (κ3) is 3.26. The van der Waals surface area contributed by atoms with Crippen LogP contribution in [0.15, 0.2) is 29.3 Å². The summed E-state index contributed by atoms with van der Waals surface area (Å²) >= 11 is 1.40. The van der Waals surface area contributed by atoms with Gasteiger partial charge in [-0.05, 0) is 24.1 Å². The molecule has 1 aliphatic heterocycles. The standard InChI is InChI=1S/C15H16F3NOS/c1-3-5-11-13(20)12(14(19-2)21-11)9-6-4-7-10(8-9)15(16,17)18/h4,6-8,11,19H,3,5H2,1-2H3. The molecule has 6 heteroatoms. The number of rotatable bonds is 4. The maximum absolute atomic E-state index is 12.8. The van der Waals surface area contributed by atoms with Gasteiger partial charge in [0.1, 0.15) is 0 Å². The summed E-state index contributed by atoms with van der Waals surface area (Å²) in [7, 11) is 1.68. The molecule has 1 aliphatic rings. The molecule has 0 aromatic heterocycles. The second-order valence-electron chi connectivity index (χ2n) is 4.79. The monoisotopic (exact) mass is 315 g/mol. The summed E-state index contributed by atoms with van der Waals surface area (Å²) in [4.78, 5) is 12.4. The Kier molecular flexibility index (Phi) is 4.66. The molecule has 114 valence electrons. The van der Waals surface area contributed by atoms with Crippen molar-refractivity contribution in [3.63, 3.8) is 0 Å². The molecule has 0 aliphatic carbocycles. The number of benzene rings is 1. The van der Waals surface area contributed by atoms with Crippen LogP contribution < -0.4 is 5.32 Å². The summed E-state index contributed by atoms with van der Waals surface area (Å²) < 4.78 is 38.4. The highest BCUT2D eigenvalue weighted by Crippen LogP contribution is 2.41. The van der Waals surface area contributed by atoms with Crippen LogP contribution in [0.4, 0.5) is 13.2 Å². The van der Waals surface area contributed by atoms with E-state index in [1.807, 2.05) is 6.92 Å². The molecule has 1 aromatic carbocycles. The predicted octanol–water partition coefficient (Wildman–Crippen LogP) is 4.08. The van der Waals surface area contributed by atoms with E-state index in [-0.39, 0.29) is 11.0 Å². The SMILES string of the molecule is CCCC1SC(NC)=C(c2cccc(C(F)(F)F)c2)C1=O. The Balaban J connectivity index is 2.42. The highest BCUT2D eigenvalue weighted by atomic mass is 32.2. The van der Waals surface area contributed by atoms with Gasteiger partial charge in [0, 0.05) is 7.05 Å². The molecular formula is C15H16F3NOS. The number of carbonyl (C=O) groups is 1. The van der Waals surface area contributed by atoms with E-state index in [0.29, 0.717) is 16.2 Å². The third-order valence-corrected chi connectivity index (χ3v) is 4.66. The molecule has 2 rings (SSSR count). The number of thioether (sulfide) groups is 1. The second kappa shape index (κ2) is 6.13. The summed E-state index contributed by atoms with van der Waals surface area (Å²) in [5.41, 5.74) is -0.0444. The molecule has 1 unspecified atom stereocenters. The summed E-state index contributed by atoms with van der Waals surface area (Å²) in [5, 5.41) is 3.37. The molecule has 0 saturated heterocycles. The van der Waals surface area contributed by atoms with Crippen LogP contribution in [0.25, 0.3) is 5.57 Å². The number of allylic oxidation sites excluding steroid dienone is 1. The first kappa shape index (κ1) is 15.9. The van der Waals surface area contributed by atoms with Gasteiger partial charge in [-0.3, -0.25) is 4.79 Å². The van der Waals surface area contributed by atoms with Gasteiger partial charge in [0.2, 0.25) is 0 Å². The average molecular weight is 315 g/mol. The Hall–Kier alpha value is -1.43. The number of alkyl halides is 3. The molecule has 1 aromatic rings. The van der Waals surface area contributed by atoms with Crippen LogP contribution in [0.2, 0.25) is 0 Å². The maximum atomic E-state index is 12.8. The van der Waals surface area contributed by atoms with Crippen LogP contribution in [0, 0.1) is 0 Å². The Morgan fingerprint density at radius 2 is 2.05 bits per heavy atom. The molecule has 0 amide bonds. The molecule has 0 radical (unpaired) electrons. The molecular weight excluding hydrogens is 299 g/mol. The van der Waals surface area contributed by atoms with Crippen LogP contribution in [0.5, 0.6) is 0 Å². The fraction of sp³-hybridized carbons (Fsp3) is 0.400. The Morgan fingerprint density at radius 1 is 1.33 bits per heavy atom. The van der Waals surface area contributed by atoms with E-state index in [1.165, 1.54) is 17.8 Å². The molecule has 1 N–H and O–H groups in total. The second-order valence-corrected chi connectivity index (χ2v) is 6.01. The van der Waals surface area contributed by atoms with Gasteiger partial charge in [0.25, 0.3) is 0 Å². The van der Waals surface area contributed by atoms with Crippen LogP contribution in [-0.4, -0.2) is 18.1 Å². The van der Waals surface area contributed by atoms with Crippen LogP contribution >= 0.6 is 11.8 Å². The lowest BCUT2D eigenvalue weighted by molar-refractivity contribution is -0.137. The van der Waals surface area contributed by atoms with Gasteiger partial charge in [-0.25, -0.2) is 0 Å². The van der Waals surface area contributed by atoms with E-state index in [2.05, 4.69) is 5.32 Å². The molecule has 0 spiro atoms. The van der Waals surface area contributed by atoms with Crippen molar-refractivity contribution < 1.29 is 18.0 Å². The lowest BCUT2D eigenvalue weighted by Gasteiger charge is -2.10. The van der Waals surface area contributed by atoms with E-state index in [9.17, 15) is 18.0 Å². The van der Waals surface area contributed by atoms with Gasteiger partial charge < -0.3 is 5.32 Å². The first-order chi connectivity index (χ1) is 9.88. The maximum Gasteiger partial charge on any atom is 0.416 e. The molecule has 1 heterocycles. The van der Waals surface area contributed by atoms with Gasteiger partial charge in [-0.2, -0.15) is 13.2 Å². The Labute approximate surface area is 125 Å². The average Bonchev–Trinajstić information content (AvgIpc) is 2.75. The highest BCUT2D eigenvalue weighted by Gasteiger charge is 2.35.